The Morgan fingerprint density at radius 2 is 1.83 bits per heavy atom. The second-order valence-electron chi connectivity index (χ2n) is 6.43. The second-order valence-corrected chi connectivity index (χ2v) is 6.43. The minimum Gasteiger partial charge on any atom is -0.353 e. The van der Waals surface area contributed by atoms with Crippen molar-refractivity contribution in [1.82, 2.24) is 20.4 Å². The van der Waals surface area contributed by atoms with Crippen LogP contribution in [0.15, 0.2) is 0 Å². The molecule has 1 aliphatic heterocycles. The topological polar surface area (TPSA) is 81.8 Å². The summed E-state index contributed by atoms with van der Waals surface area (Å²) in [4.78, 5) is 39.8. The molecule has 2 aliphatic rings. The van der Waals surface area contributed by atoms with Crippen molar-refractivity contribution in [3.8, 4) is 0 Å². The van der Waals surface area contributed by atoms with Crippen molar-refractivity contribution in [3.63, 3.8) is 0 Å². The van der Waals surface area contributed by atoms with Gasteiger partial charge in [-0.1, -0.05) is 26.2 Å². The maximum absolute atomic E-state index is 12.7. The number of carbonyl (C=O) groups excluding carboxylic acids is 3. The first-order chi connectivity index (χ1) is 11.0. The van der Waals surface area contributed by atoms with Crippen molar-refractivity contribution >= 4 is 17.8 Å². The van der Waals surface area contributed by atoms with Gasteiger partial charge in [0.15, 0.2) is 0 Å². The van der Waals surface area contributed by atoms with E-state index in [-0.39, 0.29) is 24.4 Å². The van der Waals surface area contributed by atoms with E-state index in [1.54, 1.807) is 11.9 Å². The first-order valence-corrected chi connectivity index (χ1v) is 8.60. The van der Waals surface area contributed by atoms with E-state index in [1.807, 2.05) is 0 Å². The highest BCUT2D eigenvalue weighted by atomic mass is 16.2. The lowest BCUT2D eigenvalue weighted by molar-refractivity contribution is -0.137. The molecule has 130 valence electrons. The maximum Gasteiger partial charge on any atom is 0.327 e. The monoisotopic (exact) mass is 324 g/mol. The molecule has 0 unspecified atom stereocenters. The normalized spacial score (nSPS) is 20.4. The molecule has 0 aromatic rings. The molecule has 0 aromatic heterocycles. The molecule has 7 heteroatoms. The number of hydrogen-bond acceptors (Lipinski definition) is 4. The number of urea groups is 1. The molecule has 1 saturated heterocycles. The number of amides is 4. The van der Waals surface area contributed by atoms with Crippen LogP contribution < -0.4 is 10.6 Å². The summed E-state index contributed by atoms with van der Waals surface area (Å²) in [5.41, 5.74) is -0.710. The fourth-order valence-corrected chi connectivity index (χ4v) is 3.46. The highest BCUT2D eigenvalue weighted by Gasteiger charge is 2.55. The van der Waals surface area contributed by atoms with Gasteiger partial charge in [0.2, 0.25) is 5.91 Å². The summed E-state index contributed by atoms with van der Waals surface area (Å²) in [5.74, 6) is -0.491. The van der Waals surface area contributed by atoms with Crippen molar-refractivity contribution in [2.45, 2.75) is 51.0 Å². The Balaban J connectivity index is 1.88. The quantitative estimate of drug-likeness (QED) is 0.533. The molecule has 2 N–H and O–H groups in total. The van der Waals surface area contributed by atoms with Crippen LogP contribution in [0.3, 0.4) is 0 Å². The van der Waals surface area contributed by atoms with E-state index >= 15 is 0 Å². The van der Waals surface area contributed by atoms with Gasteiger partial charge >= 0.3 is 6.03 Å². The summed E-state index contributed by atoms with van der Waals surface area (Å²) in [6, 6.07) is -0.351. The highest BCUT2D eigenvalue weighted by Crippen LogP contribution is 2.39. The van der Waals surface area contributed by atoms with Crippen LogP contribution in [-0.4, -0.2) is 66.4 Å². The van der Waals surface area contributed by atoms with Crippen molar-refractivity contribution in [3.05, 3.63) is 0 Å². The Labute approximate surface area is 137 Å². The third-order valence-electron chi connectivity index (χ3n) is 4.84. The molecule has 7 nitrogen and oxygen atoms in total. The molecule has 1 heterocycles. The van der Waals surface area contributed by atoms with Gasteiger partial charge in [0, 0.05) is 20.1 Å². The van der Waals surface area contributed by atoms with Gasteiger partial charge in [0.1, 0.15) is 12.1 Å². The van der Waals surface area contributed by atoms with Crippen molar-refractivity contribution in [1.29, 1.82) is 0 Å². The molecule has 1 saturated carbocycles. The summed E-state index contributed by atoms with van der Waals surface area (Å²) in [5, 5.41) is 5.93. The summed E-state index contributed by atoms with van der Waals surface area (Å²) in [6.45, 7) is 3.99. The predicted molar refractivity (Wildman–Crippen MR) is 86.9 cm³/mol. The smallest absolute Gasteiger partial charge is 0.327 e. The fourth-order valence-electron chi connectivity index (χ4n) is 3.46. The van der Waals surface area contributed by atoms with Crippen LogP contribution in [0, 0.1) is 0 Å². The first kappa shape index (κ1) is 17.7. The Bertz CT molecular complexity index is 460. The molecule has 0 aromatic carbocycles. The number of likely N-dealkylation sites (N-methyl/N-ethyl adjacent to an activating group) is 1. The summed E-state index contributed by atoms with van der Waals surface area (Å²) in [6.07, 6.45) is 5.45. The van der Waals surface area contributed by atoms with Gasteiger partial charge in [-0.2, -0.15) is 0 Å². The zero-order chi connectivity index (χ0) is 16.9. The SMILES string of the molecule is CCCNCCNC(=O)CN1C(=O)N(C)C2(CCCCC2)C1=O. The predicted octanol–water partition coefficient (Wildman–Crippen LogP) is 0.699. The van der Waals surface area contributed by atoms with E-state index in [1.165, 1.54) is 0 Å². The minimum absolute atomic E-state index is 0.183. The fraction of sp³-hybridized carbons (Fsp3) is 0.812. The standard InChI is InChI=1S/C16H28N4O3/c1-3-9-17-10-11-18-13(21)12-20-14(22)16(19(2)15(20)23)7-5-4-6-8-16/h17H,3-12H2,1-2H3,(H,18,21). The minimum atomic E-state index is -0.710. The van der Waals surface area contributed by atoms with Crippen molar-refractivity contribution in [2.24, 2.45) is 0 Å². The highest BCUT2D eigenvalue weighted by molar-refractivity contribution is 6.08. The molecule has 23 heavy (non-hydrogen) atoms. The van der Waals surface area contributed by atoms with Crippen LogP contribution in [0.4, 0.5) is 4.79 Å². The number of nitrogens with one attached hydrogen (secondary N) is 2. The molecule has 1 aliphatic carbocycles. The number of rotatable bonds is 7. The zero-order valence-corrected chi connectivity index (χ0v) is 14.2. The number of nitrogens with zero attached hydrogens (tertiary/aromatic N) is 2. The van der Waals surface area contributed by atoms with Crippen LogP contribution >= 0.6 is 0 Å². The number of carbonyl (C=O) groups is 3. The van der Waals surface area contributed by atoms with E-state index in [4.69, 9.17) is 0 Å². The average molecular weight is 324 g/mol. The summed E-state index contributed by atoms with van der Waals surface area (Å²) in [7, 11) is 1.68. The van der Waals surface area contributed by atoms with Crippen LogP contribution in [0.25, 0.3) is 0 Å². The van der Waals surface area contributed by atoms with Gasteiger partial charge < -0.3 is 15.5 Å². The largest absolute Gasteiger partial charge is 0.353 e. The van der Waals surface area contributed by atoms with Crippen molar-refractivity contribution in [2.75, 3.05) is 33.2 Å². The van der Waals surface area contributed by atoms with Gasteiger partial charge in [-0.3, -0.25) is 14.5 Å². The number of hydrogen-bond donors (Lipinski definition) is 2. The van der Waals surface area contributed by atoms with Crippen LogP contribution in [0.1, 0.15) is 45.4 Å². The van der Waals surface area contributed by atoms with Crippen molar-refractivity contribution < 1.29 is 14.4 Å². The third-order valence-corrected chi connectivity index (χ3v) is 4.84. The number of imide groups is 1. The van der Waals surface area contributed by atoms with Gasteiger partial charge in [-0.25, -0.2) is 4.79 Å². The maximum atomic E-state index is 12.7. The second kappa shape index (κ2) is 7.77. The Morgan fingerprint density at radius 3 is 2.48 bits per heavy atom. The molecular formula is C16H28N4O3. The lowest BCUT2D eigenvalue weighted by Gasteiger charge is -2.35. The molecule has 0 atom stereocenters. The Kier molecular flexibility index (Phi) is 5.98. The van der Waals surface area contributed by atoms with Gasteiger partial charge in [-0.15, -0.1) is 0 Å². The molecule has 0 radical (unpaired) electrons. The van der Waals surface area contributed by atoms with E-state index in [0.717, 1.165) is 37.1 Å². The van der Waals surface area contributed by atoms with E-state index in [9.17, 15) is 14.4 Å². The molecular weight excluding hydrogens is 296 g/mol. The Morgan fingerprint density at radius 1 is 1.13 bits per heavy atom. The van der Waals surface area contributed by atoms with Crippen LogP contribution in [0.5, 0.6) is 0 Å². The van der Waals surface area contributed by atoms with Crippen LogP contribution in [0.2, 0.25) is 0 Å². The van der Waals surface area contributed by atoms with Gasteiger partial charge in [0.05, 0.1) is 0 Å². The summed E-state index contributed by atoms with van der Waals surface area (Å²) < 4.78 is 0. The lowest BCUT2D eigenvalue weighted by atomic mass is 9.81. The summed E-state index contributed by atoms with van der Waals surface area (Å²) >= 11 is 0. The molecule has 1 spiro atoms. The van der Waals surface area contributed by atoms with E-state index in [0.29, 0.717) is 25.9 Å². The van der Waals surface area contributed by atoms with E-state index in [2.05, 4.69) is 17.6 Å². The molecule has 4 amide bonds. The first-order valence-electron chi connectivity index (χ1n) is 8.60. The van der Waals surface area contributed by atoms with Gasteiger partial charge in [0.25, 0.3) is 5.91 Å². The lowest BCUT2D eigenvalue weighted by Crippen LogP contribution is -2.49. The Hall–Kier alpha value is -1.63. The van der Waals surface area contributed by atoms with E-state index < -0.39 is 5.54 Å². The van der Waals surface area contributed by atoms with Crippen LogP contribution in [-0.2, 0) is 9.59 Å². The molecule has 0 bridgehead atoms. The third kappa shape index (κ3) is 3.65. The van der Waals surface area contributed by atoms with Gasteiger partial charge in [-0.05, 0) is 25.8 Å². The average Bonchev–Trinajstić information content (AvgIpc) is 2.72. The zero-order valence-electron chi connectivity index (χ0n) is 14.2. The molecule has 2 fully saturated rings. The molecule has 2 rings (SSSR count).